The van der Waals surface area contributed by atoms with Crippen LogP contribution < -0.4 is 5.32 Å². The molecule has 2 aliphatic rings. The number of nitrogens with zero attached hydrogens (tertiary/aromatic N) is 1. The molecular formula is C20H21ClN2S. The lowest BCUT2D eigenvalue weighted by Gasteiger charge is -2.42. The van der Waals surface area contributed by atoms with Gasteiger partial charge in [-0.2, -0.15) is 11.8 Å². The highest BCUT2D eigenvalue weighted by Gasteiger charge is 2.41. The maximum Gasteiger partial charge on any atom is 0.108 e. The maximum atomic E-state index is 6.31. The Bertz CT molecular complexity index is 766. The van der Waals surface area contributed by atoms with Gasteiger partial charge in [0.2, 0.25) is 0 Å². The number of rotatable bonds is 2. The fraction of sp³-hybridized carbons (Fsp3) is 0.350. The zero-order valence-corrected chi connectivity index (χ0v) is 15.2. The first-order valence-electron chi connectivity index (χ1n) is 8.48. The van der Waals surface area contributed by atoms with E-state index in [9.17, 15) is 0 Å². The number of hydrogen-bond acceptors (Lipinski definition) is 2. The van der Waals surface area contributed by atoms with Crippen LogP contribution in [0, 0.1) is 5.41 Å². The number of halogens is 1. The molecule has 0 aliphatic carbocycles. The predicted octanol–water partition coefficient (Wildman–Crippen LogP) is 5.42. The van der Waals surface area contributed by atoms with Crippen LogP contribution >= 0.6 is 23.4 Å². The molecule has 0 atom stereocenters. The highest BCUT2D eigenvalue weighted by atomic mass is 35.5. The van der Waals surface area contributed by atoms with E-state index in [1.807, 2.05) is 18.2 Å². The van der Waals surface area contributed by atoms with Gasteiger partial charge in [-0.1, -0.05) is 48.0 Å². The van der Waals surface area contributed by atoms with Crippen molar-refractivity contribution in [2.24, 2.45) is 10.4 Å². The molecule has 1 fully saturated rings. The van der Waals surface area contributed by atoms with E-state index in [2.05, 4.69) is 47.4 Å². The molecule has 24 heavy (non-hydrogen) atoms. The average molecular weight is 357 g/mol. The van der Waals surface area contributed by atoms with Crippen molar-refractivity contribution in [2.75, 3.05) is 16.8 Å². The van der Waals surface area contributed by atoms with Crippen molar-refractivity contribution in [3.8, 4) is 0 Å². The summed E-state index contributed by atoms with van der Waals surface area (Å²) in [7, 11) is 0. The molecule has 0 bridgehead atoms. The van der Waals surface area contributed by atoms with Crippen molar-refractivity contribution in [3.63, 3.8) is 0 Å². The first-order valence-corrected chi connectivity index (χ1v) is 10.0. The number of hydrogen-bond donors (Lipinski definition) is 1. The lowest BCUT2D eigenvalue weighted by molar-refractivity contribution is 0.377. The second kappa shape index (κ2) is 6.81. The molecule has 0 radical (unpaired) electrons. The summed E-state index contributed by atoms with van der Waals surface area (Å²) >= 11 is 8.37. The average Bonchev–Trinajstić information content (AvgIpc) is 2.62. The normalized spacial score (nSPS) is 20.6. The molecule has 0 saturated carbocycles. The van der Waals surface area contributed by atoms with E-state index >= 15 is 0 Å². The highest BCUT2D eigenvalue weighted by molar-refractivity contribution is 7.99. The minimum absolute atomic E-state index is 0.168. The second-order valence-corrected chi connectivity index (χ2v) is 8.24. The fourth-order valence-electron chi connectivity index (χ4n) is 3.68. The number of thioether (sulfide) groups is 1. The zero-order valence-electron chi connectivity index (χ0n) is 13.6. The number of para-hydroxylation sites is 1. The van der Waals surface area contributed by atoms with E-state index in [0.717, 1.165) is 22.8 Å². The third-order valence-electron chi connectivity index (χ3n) is 5.12. The van der Waals surface area contributed by atoms with Gasteiger partial charge in [0, 0.05) is 16.1 Å². The van der Waals surface area contributed by atoms with Crippen LogP contribution in [-0.4, -0.2) is 17.3 Å². The van der Waals surface area contributed by atoms with E-state index < -0.39 is 0 Å². The van der Waals surface area contributed by atoms with Gasteiger partial charge in [0.1, 0.15) is 5.84 Å². The second-order valence-electron chi connectivity index (χ2n) is 6.61. The molecule has 2 aromatic carbocycles. The summed E-state index contributed by atoms with van der Waals surface area (Å²) in [5, 5.41) is 4.44. The molecule has 2 nitrogen and oxygen atoms in total. The number of benzene rings is 2. The maximum absolute atomic E-state index is 6.31. The Kier molecular flexibility index (Phi) is 4.55. The quantitative estimate of drug-likeness (QED) is 0.776. The highest BCUT2D eigenvalue weighted by Crippen LogP contribution is 2.44. The van der Waals surface area contributed by atoms with Crippen LogP contribution in [0.2, 0.25) is 5.02 Å². The van der Waals surface area contributed by atoms with Gasteiger partial charge in [-0.15, -0.1) is 0 Å². The van der Waals surface area contributed by atoms with Gasteiger partial charge in [-0.05, 0) is 54.0 Å². The summed E-state index contributed by atoms with van der Waals surface area (Å²) in [4.78, 5) is 5.00. The summed E-state index contributed by atoms with van der Waals surface area (Å²) in [6.07, 6.45) is 3.48. The molecule has 2 aromatic rings. The number of fused-ring (bicyclic) bond motifs is 1. The molecule has 2 aliphatic heterocycles. The van der Waals surface area contributed by atoms with Crippen LogP contribution in [0.5, 0.6) is 0 Å². The van der Waals surface area contributed by atoms with Gasteiger partial charge in [-0.25, -0.2) is 0 Å². The van der Waals surface area contributed by atoms with Crippen molar-refractivity contribution in [1.29, 1.82) is 0 Å². The predicted molar refractivity (Wildman–Crippen MR) is 105 cm³/mol. The van der Waals surface area contributed by atoms with Crippen molar-refractivity contribution in [3.05, 3.63) is 64.7 Å². The SMILES string of the molecule is Clc1ccccc1CN=C1Nc2ccccc2CC12CCSCC2. The van der Waals surface area contributed by atoms with Gasteiger partial charge in [0.15, 0.2) is 0 Å². The zero-order chi connectivity index (χ0) is 16.4. The third kappa shape index (κ3) is 3.07. The summed E-state index contributed by atoms with van der Waals surface area (Å²) in [6.45, 7) is 0.638. The Morgan fingerprint density at radius 2 is 1.79 bits per heavy atom. The number of anilines is 1. The minimum atomic E-state index is 0.168. The summed E-state index contributed by atoms with van der Waals surface area (Å²) < 4.78 is 0. The van der Waals surface area contributed by atoms with E-state index in [1.165, 1.54) is 35.6 Å². The Hall–Kier alpha value is -1.45. The van der Waals surface area contributed by atoms with Crippen molar-refractivity contribution < 1.29 is 0 Å². The molecule has 0 aromatic heterocycles. The summed E-state index contributed by atoms with van der Waals surface area (Å²) in [6, 6.07) is 16.6. The van der Waals surface area contributed by atoms with E-state index in [0.29, 0.717) is 6.54 Å². The molecule has 4 rings (SSSR count). The number of nitrogens with one attached hydrogen (secondary N) is 1. The Morgan fingerprint density at radius 1 is 1.04 bits per heavy atom. The lowest BCUT2D eigenvalue weighted by Crippen LogP contribution is -2.44. The Balaban J connectivity index is 1.68. The minimum Gasteiger partial charge on any atom is -0.343 e. The summed E-state index contributed by atoms with van der Waals surface area (Å²) in [5.41, 5.74) is 3.88. The van der Waals surface area contributed by atoms with E-state index in [-0.39, 0.29) is 5.41 Å². The van der Waals surface area contributed by atoms with Crippen molar-refractivity contribution >= 4 is 34.9 Å². The monoisotopic (exact) mass is 356 g/mol. The Morgan fingerprint density at radius 3 is 2.62 bits per heavy atom. The molecular weight excluding hydrogens is 336 g/mol. The van der Waals surface area contributed by atoms with Crippen LogP contribution in [0.25, 0.3) is 0 Å². The number of aliphatic imine (C=N–C) groups is 1. The standard InChI is InChI=1S/C20H21ClN2S/c21-17-7-3-1-6-16(17)14-22-19-20(9-11-24-12-10-20)13-15-5-2-4-8-18(15)23-19/h1-8H,9-14H2,(H,22,23). The fourth-order valence-corrected chi connectivity index (χ4v) is 5.15. The van der Waals surface area contributed by atoms with Gasteiger partial charge in [0.05, 0.1) is 6.54 Å². The largest absolute Gasteiger partial charge is 0.343 e. The molecule has 2 heterocycles. The van der Waals surface area contributed by atoms with E-state index in [4.69, 9.17) is 16.6 Å². The lowest BCUT2D eigenvalue weighted by atomic mass is 9.73. The summed E-state index contributed by atoms with van der Waals surface area (Å²) in [5.74, 6) is 3.59. The van der Waals surface area contributed by atoms with Gasteiger partial charge >= 0.3 is 0 Å². The molecule has 0 amide bonds. The van der Waals surface area contributed by atoms with E-state index in [1.54, 1.807) is 0 Å². The van der Waals surface area contributed by atoms with Gasteiger partial charge in [0.25, 0.3) is 0 Å². The van der Waals surface area contributed by atoms with Crippen LogP contribution in [0.4, 0.5) is 5.69 Å². The molecule has 1 saturated heterocycles. The first kappa shape index (κ1) is 16.0. The van der Waals surface area contributed by atoms with Crippen LogP contribution in [-0.2, 0) is 13.0 Å². The molecule has 0 unspecified atom stereocenters. The van der Waals surface area contributed by atoms with Crippen LogP contribution in [0.15, 0.2) is 53.5 Å². The van der Waals surface area contributed by atoms with Crippen LogP contribution in [0.1, 0.15) is 24.0 Å². The Labute approximate surface area is 152 Å². The number of amidine groups is 1. The third-order valence-corrected chi connectivity index (χ3v) is 6.47. The van der Waals surface area contributed by atoms with Gasteiger partial charge in [-0.3, -0.25) is 4.99 Å². The molecule has 124 valence electrons. The molecule has 4 heteroatoms. The van der Waals surface area contributed by atoms with Gasteiger partial charge < -0.3 is 5.32 Å². The van der Waals surface area contributed by atoms with Crippen molar-refractivity contribution in [2.45, 2.75) is 25.8 Å². The molecule has 1 N–H and O–H groups in total. The van der Waals surface area contributed by atoms with Crippen LogP contribution in [0.3, 0.4) is 0 Å². The van der Waals surface area contributed by atoms with Crippen molar-refractivity contribution in [1.82, 2.24) is 0 Å². The first-order chi connectivity index (χ1) is 11.8. The smallest absolute Gasteiger partial charge is 0.108 e. The topological polar surface area (TPSA) is 24.4 Å². The molecule has 1 spiro atoms.